The van der Waals surface area contributed by atoms with Crippen LogP contribution in [0.1, 0.15) is 5.82 Å². The number of methoxy groups -OCH3 is 1. The van der Waals surface area contributed by atoms with Crippen molar-refractivity contribution in [1.82, 2.24) is 19.7 Å². The predicted molar refractivity (Wildman–Crippen MR) is 55.2 cm³/mol. The van der Waals surface area contributed by atoms with E-state index in [1.807, 2.05) is 23.6 Å². The van der Waals surface area contributed by atoms with Crippen molar-refractivity contribution in [2.24, 2.45) is 7.05 Å². The first-order chi connectivity index (χ1) is 7.13. The average molecular weight is 214 g/mol. The molecule has 0 saturated carbocycles. The molecule has 15 heavy (non-hydrogen) atoms. The van der Waals surface area contributed by atoms with Crippen LogP contribution in [0.3, 0.4) is 0 Å². The fourth-order valence-electron chi connectivity index (χ4n) is 1.36. The SMILES string of the molecule is COCC(O)CN(C)Cc1nncn1C. The number of aliphatic hydroxyl groups excluding tert-OH is 1. The molecule has 0 aliphatic carbocycles. The van der Waals surface area contributed by atoms with Gasteiger partial charge in [-0.3, -0.25) is 4.90 Å². The normalized spacial score (nSPS) is 13.4. The molecule has 0 bridgehead atoms. The van der Waals surface area contributed by atoms with Crippen molar-refractivity contribution in [2.75, 3.05) is 27.3 Å². The van der Waals surface area contributed by atoms with Crippen LogP contribution in [0.2, 0.25) is 0 Å². The van der Waals surface area contributed by atoms with Gasteiger partial charge >= 0.3 is 0 Å². The van der Waals surface area contributed by atoms with E-state index >= 15 is 0 Å². The van der Waals surface area contributed by atoms with Crippen molar-refractivity contribution in [3.63, 3.8) is 0 Å². The molecule has 6 heteroatoms. The average Bonchev–Trinajstić information content (AvgIpc) is 2.52. The third-order valence-corrected chi connectivity index (χ3v) is 2.10. The Bertz CT molecular complexity index is 289. The van der Waals surface area contributed by atoms with Gasteiger partial charge < -0.3 is 14.4 Å². The van der Waals surface area contributed by atoms with Crippen LogP contribution in [0, 0.1) is 0 Å². The maximum atomic E-state index is 9.51. The Morgan fingerprint density at radius 3 is 2.93 bits per heavy atom. The van der Waals surface area contributed by atoms with Crippen molar-refractivity contribution in [3.05, 3.63) is 12.2 Å². The molecule has 1 aromatic rings. The lowest BCUT2D eigenvalue weighted by atomic mass is 10.3. The number of nitrogens with zero attached hydrogens (tertiary/aromatic N) is 4. The number of rotatable bonds is 6. The summed E-state index contributed by atoms with van der Waals surface area (Å²) in [4.78, 5) is 1.98. The highest BCUT2D eigenvalue weighted by molar-refractivity contribution is 4.83. The quantitative estimate of drug-likeness (QED) is 0.675. The number of hydrogen-bond donors (Lipinski definition) is 1. The van der Waals surface area contributed by atoms with Crippen LogP contribution in [-0.4, -0.2) is 58.2 Å². The second kappa shape index (κ2) is 5.79. The molecular weight excluding hydrogens is 196 g/mol. The number of aromatic nitrogens is 3. The molecule has 86 valence electrons. The third-order valence-electron chi connectivity index (χ3n) is 2.10. The van der Waals surface area contributed by atoms with E-state index in [4.69, 9.17) is 4.74 Å². The van der Waals surface area contributed by atoms with Crippen LogP contribution in [0.4, 0.5) is 0 Å². The van der Waals surface area contributed by atoms with E-state index < -0.39 is 6.10 Å². The molecule has 1 atom stereocenters. The van der Waals surface area contributed by atoms with Crippen LogP contribution in [-0.2, 0) is 18.3 Å². The molecule has 1 unspecified atom stereocenters. The van der Waals surface area contributed by atoms with E-state index in [-0.39, 0.29) is 0 Å². The molecule has 0 aliphatic rings. The van der Waals surface area contributed by atoms with Crippen molar-refractivity contribution in [2.45, 2.75) is 12.6 Å². The number of hydrogen-bond acceptors (Lipinski definition) is 5. The van der Waals surface area contributed by atoms with Crippen LogP contribution in [0.25, 0.3) is 0 Å². The standard InChI is InChI=1S/C9H18N4O2/c1-12(4-8(14)6-15-3)5-9-11-10-7-13(9)2/h7-8,14H,4-6H2,1-3H3. The number of likely N-dealkylation sites (N-methyl/N-ethyl adjacent to an activating group) is 1. The lowest BCUT2D eigenvalue weighted by Crippen LogP contribution is -2.32. The lowest BCUT2D eigenvalue weighted by molar-refractivity contribution is 0.0412. The molecule has 0 amide bonds. The summed E-state index contributed by atoms with van der Waals surface area (Å²) >= 11 is 0. The van der Waals surface area contributed by atoms with E-state index in [2.05, 4.69) is 10.2 Å². The van der Waals surface area contributed by atoms with Gasteiger partial charge in [0.1, 0.15) is 12.2 Å². The van der Waals surface area contributed by atoms with E-state index in [9.17, 15) is 5.11 Å². The molecule has 1 rings (SSSR count). The van der Waals surface area contributed by atoms with Crippen LogP contribution in [0.15, 0.2) is 6.33 Å². The van der Waals surface area contributed by atoms with Gasteiger partial charge in [-0.15, -0.1) is 10.2 Å². The van der Waals surface area contributed by atoms with E-state index in [0.717, 1.165) is 5.82 Å². The zero-order valence-corrected chi connectivity index (χ0v) is 9.42. The van der Waals surface area contributed by atoms with Gasteiger partial charge in [0.05, 0.1) is 19.3 Å². The molecule has 0 saturated heterocycles. The molecular formula is C9H18N4O2. The van der Waals surface area contributed by atoms with Crippen molar-refractivity contribution in [3.8, 4) is 0 Å². The Morgan fingerprint density at radius 2 is 2.40 bits per heavy atom. The van der Waals surface area contributed by atoms with Crippen molar-refractivity contribution in [1.29, 1.82) is 0 Å². The summed E-state index contributed by atoms with van der Waals surface area (Å²) in [5, 5.41) is 17.3. The highest BCUT2D eigenvalue weighted by atomic mass is 16.5. The second-order valence-corrected chi connectivity index (χ2v) is 3.66. The first-order valence-corrected chi connectivity index (χ1v) is 4.82. The third kappa shape index (κ3) is 3.94. The zero-order chi connectivity index (χ0) is 11.3. The first kappa shape index (κ1) is 12.1. The fraction of sp³-hybridized carbons (Fsp3) is 0.778. The van der Waals surface area contributed by atoms with Gasteiger partial charge in [0, 0.05) is 20.7 Å². The Kier molecular flexibility index (Phi) is 4.67. The molecule has 1 N–H and O–H groups in total. The lowest BCUT2D eigenvalue weighted by Gasteiger charge is -2.19. The number of ether oxygens (including phenoxy) is 1. The molecule has 0 fully saturated rings. The van der Waals surface area contributed by atoms with Gasteiger partial charge in [0.25, 0.3) is 0 Å². The minimum atomic E-state index is -0.465. The highest BCUT2D eigenvalue weighted by Crippen LogP contribution is 1.98. The molecule has 1 heterocycles. The summed E-state index contributed by atoms with van der Waals surface area (Å²) in [7, 11) is 5.40. The summed E-state index contributed by atoms with van der Waals surface area (Å²) in [6, 6.07) is 0. The highest BCUT2D eigenvalue weighted by Gasteiger charge is 2.10. The summed E-state index contributed by atoms with van der Waals surface area (Å²) in [5.74, 6) is 0.877. The Hall–Kier alpha value is -0.980. The fourth-order valence-corrected chi connectivity index (χ4v) is 1.36. The topological polar surface area (TPSA) is 63.4 Å². The maximum absolute atomic E-state index is 9.51. The minimum Gasteiger partial charge on any atom is -0.389 e. The van der Waals surface area contributed by atoms with E-state index in [1.165, 1.54) is 0 Å². The summed E-state index contributed by atoms with van der Waals surface area (Å²) in [6.07, 6.45) is 1.20. The number of aliphatic hydroxyl groups is 1. The van der Waals surface area contributed by atoms with Crippen molar-refractivity contribution < 1.29 is 9.84 Å². The van der Waals surface area contributed by atoms with Gasteiger partial charge in [-0.25, -0.2) is 0 Å². The van der Waals surface area contributed by atoms with Gasteiger partial charge in [-0.05, 0) is 7.05 Å². The van der Waals surface area contributed by atoms with Gasteiger partial charge in [-0.1, -0.05) is 0 Å². The van der Waals surface area contributed by atoms with Crippen LogP contribution < -0.4 is 0 Å². The smallest absolute Gasteiger partial charge is 0.146 e. The molecule has 0 aromatic carbocycles. The summed E-state index contributed by atoms with van der Waals surface area (Å²) in [6.45, 7) is 1.57. The number of aryl methyl sites for hydroxylation is 1. The first-order valence-electron chi connectivity index (χ1n) is 4.82. The van der Waals surface area contributed by atoms with Crippen molar-refractivity contribution >= 4 is 0 Å². The molecule has 0 radical (unpaired) electrons. The Balaban J connectivity index is 2.36. The Morgan fingerprint density at radius 1 is 1.67 bits per heavy atom. The predicted octanol–water partition coefficient (Wildman–Crippen LogP) is -0.746. The zero-order valence-electron chi connectivity index (χ0n) is 9.42. The van der Waals surface area contributed by atoms with E-state index in [0.29, 0.717) is 19.7 Å². The van der Waals surface area contributed by atoms with Crippen LogP contribution >= 0.6 is 0 Å². The molecule has 0 aliphatic heterocycles. The second-order valence-electron chi connectivity index (χ2n) is 3.66. The maximum Gasteiger partial charge on any atom is 0.146 e. The minimum absolute atomic E-state index is 0.350. The van der Waals surface area contributed by atoms with Gasteiger partial charge in [0.15, 0.2) is 0 Å². The molecule has 1 aromatic heterocycles. The van der Waals surface area contributed by atoms with Gasteiger partial charge in [-0.2, -0.15) is 0 Å². The monoisotopic (exact) mass is 214 g/mol. The molecule has 0 spiro atoms. The Labute approximate surface area is 89.5 Å². The van der Waals surface area contributed by atoms with Gasteiger partial charge in [0.2, 0.25) is 0 Å². The van der Waals surface area contributed by atoms with E-state index in [1.54, 1.807) is 13.4 Å². The summed E-state index contributed by atoms with van der Waals surface area (Å²) < 4.78 is 6.71. The largest absolute Gasteiger partial charge is 0.389 e. The van der Waals surface area contributed by atoms with Crippen LogP contribution in [0.5, 0.6) is 0 Å². The summed E-state index contributed by atoms with van der Waals surface area (Å²) in [5.41, 5.74) is 0. The molecule has 6 nitrogen and oxygen atoms in total.